The van der Waals surface area contributed by atoms with Gasteiger partial charge in [0, 0.05) is 58.4 Å². The minimum absolute atomic E-state index is 0.0836. The van der Waals surface area contributed by atoms with Gasteiger partial charge >= 0.3 is 5.69 Å². The number of rotatable bonds is 2. The molecule has 1 saturated heterocycles. The predicted octanol–water partition coefficient (Wildman–Crippen LogP) is 0.404. The molecule has 0 amide bonds. The zero-order valence-corrected chi connectivity index (χ0v) is 15.2. The molecule has 10 heteroatoms. The van der Waals surface area contributed by atoms with Gasteiger partial charge in [-0.05, 0) is 30.5 Å². The Morgan fingerprint density at radius 3 is 2.23 bits per heavy atom. The molecule has 0 radical (unpaired) electrons. The summed E-state index contributed by atoms with van der Waals surface area (Å²) < 4.78 is 4.81. The molecule has 0 spiro atoms. The number of nitro benzene ring substituents is 1. The number of nitrogens with one attached hydrogen (secondary N) is 1. The summed E-state index contributed by atoms with van der Waals surface area (Å²) in [5, 5.41) is 22.3. The van der Waals surface area contributed by atoms with Crippen LogP contribution < -0.4 is 10.2 Å². The number of hydrogen-bond acceptors (Lipinski definition) is 9. The van der Waals surface area contributed by atoms with Gasteiger partial charge in [0.1, 0.15) is 0 Å². The molecular weight excluding hydrogens is 338 g/mol. The van der Waals surface area contributed by atoms with E-state index in [2.05, 4.69) is 44.4 Å². The fourth-order valence-electron chi connectivity index (χ4n) is 3.07. The Morgan fingerprint density at radius 2 is 1.62 bits per heavy atom. The summed E-state index contributed by atoms with van der Waals surface area (Å²) in [7, 11) is 4.20. The van der Waals surface area contributed by atoms with Gasteiger partial charge in [-0.2, -0.15) is 0 Å². The molecule has 0 saturated carbocycles. The Balaban J connectivity index is 1.88. The van der Waals surface area contributed by atoms with Crippen LogP contribution in [0.2, 0.25) is 0 Å². The van der Waals surface area contributed by atoms with Crippen molar-refractivity contribution in [3.05, 3.63) is 22.2 Å². The number of non-ortho nitro benzene ring substituents is 1. The molecule has 1 aromatic carbocycles. The molecular formula is C16H25N7O3. The Morgan fingerprint density at radius 1 is 1.00 bits per heavy atom. The van der Waals surface area contributed by atoms with Crippen LogP contribution in [0, 0.1) is 10.1 Å². The first-order valence-electron chi connectivity index (χ1n) is 8.78. The highest BCUT2D eigenvalue weighted by molar-refractivity contribution is 5.93. The maximum Gasteiger partial charge on any atom is 0.300 e. The van der Waals surface area contributed by atoms with E-state index < -0.39 is 4.92 Å². The third-order valence-electron chi connectivity index (χ3n) is 4.75. The highest BCUT2D eigenvalue weighted by atomic mass is 16.6. The standard InChI is InChI=1S/C16H25N7O3/c1-20-7-5-17-6-8-21(2)10-12-22(11-9-20)13-3-4-14(23(24)25)16-15(13)18-26-19-16/h3-4,17H,5-12H2,1-2H3. The zero-order chi connectivity index (χ0) is 18.5. The van der Waals surface area contributed by atoms with E-state index in [0.29, 0.717) is 5.52 Å². The number of hydrogen-bond donors (Lipinski definition) is 1. The third kappa shape index (κ3) is 4.26. The molecule has 26 heavy (non-hydrogen) atoms. The average Bonchev–Trinajstić information content (AvgIpc) is 3.09. The fourth-order valence-corrected chi connectivity index (χ4v) is 3.07. The van der Waals surface area contributed by atoms with Crippen molar-refractivity contribution in [3.63, 3.8) is 0 Å². The molecule has 2 heterocycles. The lowest BCUT2D eigenvalue weighted by Crippen LogP contribution is -2.43. The molecule has 0 atom stereocenters. The molecule has 1 N–H and O–H groups in total. The van der Waals surface area contributed by atoms with Crippen LogP contribution in [0.1, 0.15) is 0 Å². The quantitative estimate of drug-likeness (QED) is 0.600. The Labute approximate surface area is 151 Å². The molecule has 1 fully saturated rings. The Hall–Kier alpha value is -2.30. The molecule has 0 unspecified atom stereocenters. The van der Waals surface area contributed by atoms with Crippen LogP contribution in [0.3, 0.4) is 0 Å². The summed E-state index contributed by atoms with van der Waals surface area (Å²) in [5.41, 5.74) is 1.38. The first-order chi connectivity index (χ1) is 12.6. The molecule has 1 aliphatic rings. The second-order valence-electron chi connectivity index (χ2n) is 6.67. The summed E-state index contributed by atoms with van der Waals surface area (Å²) in [5.74, 6) is 0. The van der Waals surface area contributed by atoms with E-state index in [1.807, 2.05) is 0 Å². The van der Waals surface area contributed by atoms with Crippen LogP contribution >= 0.6 is 0 Å². The van der Waals surface area contributed by atoms with Crippen molar-refractivity contribution in [1.82, 2.24) is 25.4 Å². The largest absolute Gasteiger partial charge is 0.367 e. The van der Waals surface area contributed by atoms with Crippen molar-refractivity contribution < 1.29 is 9.55 Å². The lowest BCUT2D eigenvalue weighted by atomic mass is 10.2. The molecule has 2 aromatic rings. The van der Waals surface area contributed by atoms with Gasteiger partial charge in [-0.1, -0.05) is 0 Å². The molecule has 142 valence electrons. The van der Waals surface area contributed by atoms with Gasteiger partial charge in [0.2, 0.25) is 5.52 Å². The average molecular weight is 363 g/mol. The molecule has 1 aliphatic heterocycles. The van der Waals surface area contributed by atoms with Crippen LogP contribution in [-0.2, 0) is 0 Å². The molecule has 1 aromatic heterocycles. The smallest absolute Gasteiger partial charge is 0.300 e. The van der Waals surface area contributed by atoms with Crippen LogP contribution in [0.4, 0.5) is 11.4 Å². The summed E-state index contributed by atoms with van der Waals surface area (Å²) in [6, 6.07) is 3.23. The van der Waals surface area contributed by atoms with Crippen molar-refractivity contribution in [1.29, 1.82) is 0 Å². The normalized spacial score (nSPS) is 19.2. The van der Waals surface area contributed by atoms with Crippen LogP contribution in [0.15, 0.2) is 16.8 Å². The number of anilines is 1. The fraction of sp³-hybridized carbons (Fsp3) is 0.625. The highest BCUT2D eigenvalue weighted by Crippen LogP contribution is 2.31. The number of likely N-dealkylation sites (N-methyl/N-ethyl adjacent to an activating group) is 2. The van der Waals surface area contributed by atoms with E-state index >= 15 is 0 Å². The molecule has 0 bridgehead atoms. The van der Waals surface area contributed by atoms with Crippen LogP contribution in [0.5, 0.6) is 0 Å². The SMILES string of the molecule is CN1CCNCCN(C)CCN(c2ccc([N+](=O)[O-])c3nonc23)CC1. The van der Waals surface area contributed by atoms with E-state index in [9.17, 15) is 10.1 Å². The summed E-state index contributed by atoms with van der Waals surface area (Å²) in [4.78, 5) is 17.5. The Kier molecular flexibility index (Phi) is 5.96. The van der Waals surface area contributed by atoms with Crippen molar-refractivity contribution in [2.45, 2.75) is 0 Å². The first kappa shape index (κ1) is 18.5. The summed E-state index contributed by atoms with van der Waals surface area (Å²) >= 11 is 0. The third-order valence-corrected chi connectivity index (χ3v) is 4.75. The summed E-state index contributed by atoms with van der Waals surface area (Å²) in [6.45, 7) is 7.22. The van der Waals surface area contributed by atoms with E-state index in [0.717, 1.165) is 58.0 Å². The lowest BCUT2D eigenvalue weighted by Gasteiger charge is -2.30. The van der Waals surface area contributed by atoms with E-state index in [-0.39, 0.29) is 11.2 Å². The molecule has 3 rings (SSSR count). The van der Waals surface area contributed by atoms with Gasteiger partial charge in [-0.3, -0.25) is 10.1 Å². The number of aromatic nitrogens is 2. The molecule has 10 nitrogen and oxygen atoms in total. The van der Waals surface area contributed by atoms with Crippen LogP contribution in [-0.4, -0.2) is 91.5 Å². The second-order valence-corrected chi connectivity index (χ2v) is 6.67. The van der Waals surface area contributed by atoms with Crippen molar-refractivity contribution in [3.8, 4) is 0 Å². The topological polar surface area (TPSA) is 104 Å². The first-order valence-corrected chi connectivity index (χ1v) is 8.78. The van der Waals surface area contributed by atoms with Gasteiger partial charge in [-0.25, -0.2) is 4.63 Å². The number of benzene rings is 1. The summed E-state index contributed by atoms with van der Waals surface area (Å²) in [6.07, 6.45) is 0. The van der Waals surface area contributed by atoms with E-state index in [1.165, 1.54) is 6.07 Å². The van der Waals surface area contributed by atoms with Gasteiger partial charge in [0.05, 0.1) is 10.6 Å². The van der Waals surface area contributed by atoms with E-state index in [1.54, 1.807) is 6.07 Å². The number of nitrogens with zero attached hydrogens (tertiary/aromatic N) is 6. The van der Waals surface area contributed by atoms with Gasteiger partial charge in [0.25, 0.3) is 0 Å². The van der Waals surface area contributed by atoms with Gasteiger partial charge < -0.3 is 20.0 Å². The number of fused-ring (bicyclic) bond motifs is 1. The maximum atomic E-state index is 11.2. The van der Waals surface area contributed by atoms with Crippen molar-refractivity contribution in [2.24, 2.45) is 0 Å². The van der Waals surface area contributed by atoms with Crippen molar-refractivity contribution in [2.75, 3.05) is 71.4 Å². The van der Waals surface area contributed by atoms with Gasteiger partial charge in [0.15, 0.2) is 5.52 Å². The minimum atomic E-state index is -0.457. The van der Waals surface area contributed by atoms with Gasteiger partial charge in [-0.15, -0.1) is 0 Å². The number of nitro groups is 1. The predicted molar refractivity (Wildman–Crippen MR) is 98.5 cm³/mol. The maximum absolute atomic E-state index is 11.2. The van der Waals surface area contributed by atoms with E-state index in [4.69, 9.17) is 4.63 Å². The highest BCUT2D eigenvalue weighted by Gasteiger charge is 2.22. The lowest BCUT2D eigenvalue weighted by molar-refractivity contribution is -0.383. The van der Waals surface area contributed by atoms with Crippen molar-refractivity contribution >= 4 is 22.4 Å². The minimum Gasteiger partial charge on any atom is -0.367 e. The molecule has 0 aliphatic carbocycles. The monoisotopic (exact) mass is 363 g/mol. The second kappa shape index (κ2) is 8.39. The van der Waals surface area contributed by atoms with Crippen LogP contribution in [0.25, 0.3) is 11.0 Å². The zero-order valence-electron chi connectivity index (χ0n) is 15.2. The Bertz CT molecular complexity index is 735.